The Morgan fingerprint density at radius 1 is 1.69 bits per heavy atom. The molecule has 0 aromatic carbocycles. The zero-order chi connectivity index (χ0) is 11.5. The summed E-state index contributed by atoms with van der Waals surface area (Å²) in [5, 5.41) is 10.4. The zero-order valence-corrected chi connectivity index (χ0v) is 9.37. The lowest BCUT2D eigenvalue weighted by molar-refractivity contribution is -0.133. The normalized spacial score (nSPS) is 20.2. The minimum absolute atomic E-state index is 0.0398. The van der Waals surface area contributed by atoms with E-state index in [2.05, 4.69) is 0 Å². The third-order valence-electron chi connectivity index (χ3n) is 2.62. The lowest BCUT2D eigenvalue weighted by Crippen LogP contribution is -2.30. The van der Waals surface area contributed by atoms with Gasteiger partial charge in [0, 0.05) is 17.8 Å². The Balaban J connectivity index is 1.97. The summed E-state index contributed by atoms with van der Waals surface area (Å²) < 4.78 is 0. The van der Waals surface area contributed by atoms with Crippen LogP contribution >= 0.6 is 11.3 Å². The summed E-state index contributed by atoms with van der Waals surface area (Å²) in [4.78, 5) is 25.5. The van der Waals surface area contributed by atoms with Gasteiger partial charge >= 0.3 is 0 Å². The molecule has 5 nitrogen and oxygen atoms in total. The van der Waals surface area contributed by atoms with Crippen molar-refractivity contribution in [2.45, 2.75) is 13.0 Å². The molecule has 1 aliphatic rings. The molecule has 86 valence electrons. The highest BCUT2D eigenvalue weighted by molar-refractivity contribution is 7.09. The monoisotopic (exact) mass is 240 g/mol. The van der Waals surface area contributed by atoms with E-state index < -0.39 is 11.8 Å². The maximum Gasteiger partial charge on any atom is 0.248 e. The van der Waals surface area contributed by atoms with Crippen molar-refractivity contribution in [3.8, 4) is 0 Å². The predicted octanol–water partition coefficient (Wildman–Crippen LogP) is 0.602. The van der Waals surface area contributed by atoms with Crippen molar-refractivity contribution >= 4 is 23.2 Å². The fourth-order valence-electron chi connectivity index (χ4n) is 1.78. The topological polar surface area (TPSA) is 69.6 Å². The molecule has 1 atom stereocenters. The number of likely N-dealkylation sites (tertiary alicyclic amines) is 1. The van der Waals surface area contributed by atoms with E-state index in [1.54, 1.807) is 21.7 Å². The fourth-order valence-corrected chi connectivity index (χ4v) is 2.50. The second kappa shape index (κ2) is 4.63. The van der Waals surface area contributed by atoms with E-state index in [4.69, 9.17) is 5.21 Å². The van der Waals surface area contributed by atoms with Gasteiger partial charge in [-0.05, 0) is 11.4 Å². The summed E-state index contributed by atoms with van der Waals surface area (Å²) in [6.07, 6.45) is 0.178. The number of hydrogen-bond donors (Lipinski definition) is 2. The molecule has 1 aliphatic heterocycles. The number of carbonyl (C=O) groups excluding carboxylic acids is 2. The molecule has 2 heterocycles. The number of hydrogen-bond acceptors (Lipinski definition) is 4. The number of rotatable bonds is 3. The van der Waals surface area contributed by atoms with Crippen molar-refractivity contribution in [2.75, 3.05) is 6.54 Å². The van der Waals surface area contributed by atoms with E-state index in [0.717, 1.165) is 4.88 Å². The van der Waals surface area contributed by atoms with Crippen LogP contribution in [0.25, 0.3) is 0 Å². The van der Waals surface area contributed by atoms with E-state index in [0.29, 0.717) is 13.1 Å². The quantitative estimate of drug-likeness (QED) is 0.600. The van der Waals surface area contributed by atoms with Crippen LogP contribution in [-0.4, -0.2) is 28.5 Å². The van der Waals surface area contributed by atoms with Gasteiger partial charge in [-0.1, -0.05) is 6.07 Å². The van der Waals surface area contributed by atoms with Gasteiger partial charge in [0.15, 0.2) is 0 Å². The molecule has 0 aliphatic carbocycles. The van der Waals surface area contributed by atoms with E-state index in [-0.39, 0.29) is 12.3 Å². The van der Waals surface area contributed by atoms with Gasteiger partial charge in [0.1, 0.15) is 0 Å². The van der Waals surface area contributed by atoms with Gasteiger partial charge in [0.2, 0.25) is 11.8 Å². The van der Waals surface area contributed by atoms with Crippen molar-refractivity contribution in [1.82, 2.24) is 10.4 Å². The second-order valence-electron chi connectivity index (χ2n) is 3.73. The SMILES string of the molecule is O=C(NO)C1CC(=O)N(Cc2cccs2)C1. The highest BCUT2D eigenvalue weighted by Gasteiger charge is 2.34. The van der Waals surface area contributed by atoms with Crippen molar-refractivity contribution in [3.63, 3.8) is 0 Å². The molecule has 1 saturated heterocycles. The molecule has 0 saturated carbocycles. The van der Waals surface area contributed by atoms with Crippen LogP contribution in [0.2, 0.25) is 0 Å². The van der Waals surface area contributed by atoms with Crippen LogP contribution in [0.3, 0.4) is 0 Å². The van der Waals surface area contributed by atoms with Crippen molar-refractivity contribution in [1.29, 1.82) is 0 Å². The molecule has 16 heavy (non-hydrogen) atoms. The number of hydroxylamine groups is 1. The molecule has 1 aromatic rings. The maximum atomic E-state index is 11.6. The number of thiophene rings is 1. The third kappa shape index (κ3) is 2.23. The highest BCUT2D eigenvalue weighted by Crippen LogP contribution is 2.21. The molecule has 0 spiro atoms. The Hall–Kier alpha value is -1.40. The summed E-state index contributed by atoms with van der Waals surface area (Å²) in [5.74, 6) is -0.957. The lowest BCUT2D eigenvalue weighted by atomic mass is 10.1. The summed E-state index contributed by atoms with van der Waals surface area (Å²) in [6, 6.07) is 3.88. The molecule has 1 fully saturated rings. The molecule has 2 rings (SSSR count). The van der Waals surface area contributed by atoms with Crippen LogP contribution in [0, 0.1) is 5.92 Å². The first-order valence-corrected chi connectivity index (χ1v) is 5.83. The minimum Gasteiger partial charge on any atom is -0.337 e. The zero-order valence-electron chi connectivity index (χ0n) is 8.55. The van der Waals surface area contributed by atoms with Crippen molar-refractivity contribution < 1.29 is 14.8 Å². The van der Waals surface area contributed by atoms with Gasteiger partial charge in [-0.2, -0.15) is 0 Å². The predicted molar refractivity (Wildman–Crippen MR) is 57.8 cm³/mol. The van der Waals surface area contributed by atoms with E-state index in [9.17, 15) is 9.59 Å². The van der Waals surface area contributed by atoms with Crippen LogP contribution in [0.4, 0.5) is 0 Å². The number of carbonyl (C=O) groups is 2. The summed E-state index contributed by atoms with van der Waals surface area (Å²) >= 11 is 1.58. The standard InChI is InChI=1S/C10H12N2O3S/c13-9-4-7(10(14)11-15)5-12(9)6-8-2-1-3-16-8/h1-3,7,15H,4-6H2,(H,11,14). The van der Waals surface area contributed by atoms with Crippen LogP contribution < -0.4 is 5.48 Å². The van der Waals surface area contributed by atoms with Crippen LogP contribution in [0.15, 0.2) is 17.5 Å². The summed E-state index contributed by atoms with van der Waals surface area (Å²) in [6.45, 7) is 0.925. The molecule has 1 aromatic heterocycles. The van der Waals surface area contributed by atoms with Gasteiger partial charge < -0.3 is 4.90 Å². The lowest BCUT2D eigenvalue weighted by Gasteiger charge is -2.14. The Morgan fingerprint density at radius 2 is 2.50 bits per heavy atom. The molecule has 6 heteroatoms. The van der Waals surface area contributed by atoms with Crippen LogP contribution in [0.1, 0.15) is 11.3 Å². The Kier molecular flexibility index (Phi) is 3.21. The van der Waals surface area contributed by atoms with Crippen LogP contribution in [0.5, 0.6) is 0 Å². The van der Waals surface area contributed by atoms with Gasteiger partial charge in [0.25, 0.3) is 0 Å². The minimum atomic E-state index is -0.484. The largest absolute Gasteiger partial charge is 0.337 e. The summed E-state index contributed by atoms with van der Waals surface area (Å²) in [7, 11) is 0. The molecule has 1 unspecified atom stereocenters. The first kappa shape index (κ1) is 11.1. The molecular weight excluding hydrogens is 228 g/mol. The van der Waals surface area contributed by atoms with Crippen LogP contribution in [-0.2, 0) is 16.1 Å². The molecule has 2 amide bonds. The molecule has 0 radical (unpaired) electrons. The first-order chi connectivity index (χ1) is 7.70. The Labute approximate surface area is 96.6 Å². The fraction of sp³-hybridized carbons (Fsp3) is 0.400. The van der Waals surface area contributed by atoms with Crippen molar-refractivity contribution in [3.05, 3.63) is 22.4 Å². The molecular formula is C10H12N2O3S. The van der Waals surface area contributed by atoms with Gasteiger partial charge in [-0.15, -0.1) is 11.3 Å². The van der Waals surface area contributed by atoms with E-state index in [1.165, 1.54) is 0 Å². The van der Waals surface area contributed by atoms with E-state index >= 15 is 0 Å². The smallest absolute Gasteiger partial charge is 0.248 e. The average molecular weight is 240 g/mol. The second-order valence-corrected chi connectivity index (χ2v) is 4.76. The first-order valence-electron chi connectivity index (χ1n) is 4.95. The van der Waals surface area contributed by atoms with Gasteiger partial charge in [-0.3, -0.25) is 14.8 Å². The van der Waals surface area contributed by atoms with Gasteiger partial charge in [-0.25, -0.2) is 5.48 Å². The van der Waals surface area contributed by atoms with Gasteiger partial charge in [0.05, 0.1) is 12.5 Å². The number of nitrogens with zero attached hydrogens (tertiary/aromatic N) is 1. The number of amides is 2. The van der Waals surface area contributed by atoms with E-state index in [1.807, 2.05) is 17.5 Å². The number of nitrogens with one attached hydrogen (secondary N) is 1. The van der Waals surface area contributed by atoms with Crippen molar-refractivity contribution in [2.24, 2.45) is 5.92 Å². The molecule has 2 N–H and O–H groups in total. The Bertz CT molecular complexity index is 391. The maximum absolute atomic E-state index is 11.6. The highest BCUT2D eigenvalue weighted by atomic mass is 32.1. The third-order valence-corrected chi connectivity index (χ3v) is 3.48. The Morgan fingerprint density at radius 3 is 3.12 bits per heavy atom. The summed E-state index contributed by atoms with van der Waals surface area (Å²) in [5.41, 5.74) is 1.59. The average Bonchev–Trinajstić information content (AvgIpc) is 2.89. The molecule has 0 bridgehead atoms.